The van der Waals surface area contributed by atoms with Gasteiger partial charge in [0.2, 0.25) is 6.33 Å². The van der Waals surface area contributed by atoms with E-state index in [1.54, 1.807) is 13.1 Å². The Hall–Kier alpha value is -2.09. The lowest BCUT2D eigenvalue weighted by atomic mass is 10.5. The first-order valence-electron chi connectivity index (χ1n) is 4.57. The van der Waals surface area contributed by atoms with E-state index < -0.39 is 4.92 Å². The number of aromatic nitrogens is 3. The summed E-state index contributed by atoms with van der Waals surface area (Å²) in [6.07, 6.45) is 2.85. The third-order valence-electron chi connectivity index (χ3n) is 1.98. The second-order valence-corrected chi connectivity index (χ2v) is 4.15. The molecule has 0 unspecified atom stereocenters. The fourth-order valence-corrected chi connectivity index (χ4v) is 2.08. The number of hydrogen-bond acceptors (Lipinski definition) is 6. The van der Waals surface area contributed by atoms with Gasteiger partial charge in [-0.15, -0.1) is 0 Å². The van der Waals surface area contributed by atoms with E-state index in [1.165, 1.54) is 23.2 Å². The fourth-order valence-electron chi connectivity index (χ4n) is 1.20. The maximum atomic E-state index is 10.7. The lowest BCUT2D eigenvalue weighted by Gasteiger charge is -2.02. The van der Waals surface area contributed by atoms with E-state index in [1.807, 2.05) is 0 Å². The summed E-state index contributed by atoms with van der Waals surface area (Å²) in [7, 11) is 1.64. The molecule has 0 fully saturated rings. The summed E-state index contributed by atoms with van der Waals surface area (Å²) < 4.78 is 1.51. The van der Waals surface area contributed by atoms with Crippen LogP contribution in [0.15, 0.2) is 34.7 Å². The minimum absolute atomic E-state index is 0.0204. The SMILES string of the molecule is Cn1cnc([N+](=O)[O-])c1Sc1ncccc1O. The van der Waals surface area contributed by atoms with Gasteiger partial charge in [-0.1, -0.05) is 0 Å². The second kappa shape index (κ2) is 4.42. The summed E-state index contributed by atoms with van der Waals surface area (Å²) in [6, 6.07) is 3.05. The highest BCUT2D eigenvalue weighted by Crippen LogP contribution is 2.36. The number of nitro groups is 1. The zero-order valence-corrected chi connectivity index (χ0v) is 9.59. The van der Waals surface area contributed by atoms with E-state index in [9.17, 15) is 15.2 Å². The standard InChI is InChI=1S/C9H8N4O3S/c1-12-5-11-7(13(15)16)9(12)17-8-6(14)3-2-4-10-8/h2-5,14H,1H3. The third kappa shape index (κ3) is 2.21. The summed E-state index contributed by atoms with van der Waals surface area (Å²) in [5.74, 6) is -0.268. The van der Waals surface area contributed by atoms with Crippen LogP contribution in [0.25, 0.3) is 0 Å². The Morgan fingerprint density at radius 1 is 1.53 bits per heavy atom. The Bertz CT molecular complexity index is 569. The zero-order valence-electron chi connectivity index (χ0n) is 8.77. The van der Waals surface area contributed by atoms with Crippen molar-refractivity contribution in [3.05, 3.63) is 34.8 Å². The predicted octanol–water partition coefficient (Wildman–Crippen LogP) is 1.58. The first kappa shape index (κ1) is 11.4. The van der Waals surface area contributed by atoms with Gasteiger partial charge in [-0.3, -0.25) is 0 Å². The zero-order chi connectivity index (χ0) is 12.4. The molecule has 0 spiro atoms. The normalized spacial score (nSPS) is 10.4. The van der Waals surface area contributed by atoms with Crippen molar-refractivity contribution in [3.63, 3.8) is 0 Å². The molecule has 0 aliphatic carbocycles. The number of aromatic hydroxyl groups is 1. The Balaban J connectivity index is 2.39. The van der Waals surface area contributed by atoms with Gasteiger partial charge in [-0.25, -0.2) is 4.98 Å². The number of hydrogen-bond donors (Lipinski definition) is 1. The van der Waals surface area contributed by atoms with Crippen LogP contribution in [0.2, 0.25) is 0 Å². The lowest BCUT2D eigenvalue weighted by Crippen LogP contribution is -1.94. The molecule has 17 heavy (non-hydrogen) atoms. The van der Waals surface area contributed by atoms with E-state index in [4.69, 9.17) is 0 Å². The number of nitrogens with zero attached hydrogens (tertiary/aromatic N) is 4. The Morgan fingerprint density at radius 2 is 2.29 bits per heavy atom. The molecule has 8 heteroatoms. The van der Waals surface area contributed by atoms with Gasteiger partial charge in [0.15, 0.2) is 5.03 Å². The van der Waals surface area contributed by atoms with Crippen molar-refractivity contribution in [2.75, 3.05) is 0 Å². The van der Waals surface area contributed by atoms with Crippen molar-refractivity contribution in [3.8, 4) is 5.75 Å². The van der Waals surface area contributed by atoms with E-state index in [-0.39, 0.29) is 11.6 Å². The summed E-state index contributed by atoms with van der Waals surface area (Å²) in [4.78, 5) is 17.8. The van der Waals surface area contributed by atoms with Crippen LogP contribution < -0.4 is 0 Å². The molecule has 1 N–H and O–H groups in total. The number of aryl methyl sites for hydroxylation is 1. The first-order valence-corrected chi connectivity index (χ1v) is 5.39. The van der Waals surface area contributed by atoms with Gasteiger partial charge in [0.1, 0.15) is 10.8 Å². The molecule has 0 radical (unpaired) electrons. The van der Waals surface area contributed by atoms with Crippen LogP contribution >= 0.6 is 11.8 Å². The molecule has 0 saturated carbocycles. The van der Waals surface area contributed by atoms with Crippen molar-refractivity contribution in [2.24, 2.45) is 7.05 Å². The monoisotopic (exact) mass is 252 g/mol. The van der Waals surface area contributed by atoms with Crippen molar-refractivity contribution in [1.82, 2.24) is 14.5 Å². The summed E-state index contributed by atoms with van der Waals surface area (Å²) in [6.45, 7) is 0. The smallest absolute Gasteiger partial charge is 0.396 e. The summed E-state index contributed by atoms with van der Waals surface area (Å²) in [5.41, 5.74) is 0. The molecule has 2 aromatic heterocycles. The van der Waals surface area contributed by atoms with Crippen LogP contribution in [-0.4, -0.2) is 24.6 Å². The largest absolute Gasteiger partial charge is 0.505 e. The minimum Gasteiger partial charge on any atom is -0.505 e. The van der Waals surface area contributed by atoms with Crippen LogP contribution in [0.3, 0.4) is 0 Å². The van der Waals surface area contributed by atoms with Crippen molar-refractivity contribution >= 4 is 17.6 Å². The van der Waals surface area contributed by atoms with E-state index in [0.29, 0.717) is 10.1 Å². The number of imidazole rings is 1. The molecule has 7 nitrogen and oxygen atoms in total. The van der Waals surface area contributed by atoms with Gasteiger partial charge in [-0.2, -0.15) is 0 Å². The van der Waals surface area contributed by atoms with Crippen molar-refractivity contribution in [2.45, 2.75) is 10.1 Å². The van der Waals surface area contributed by atoms with Crippen LogP contribution in [0.4, 0.5) is 5.82 Å². The molecule has 0 aliphatic rings. The van der Waals surface area contributed by atoms with Gasteiger partial charge in [0.05, 0.1) is 0 Å². The quantitative estimate of drug-likeness (QED) is 0.658. The van der Waals surface area contributed by atoms with E-state index in [0.717, 1.165) is 11.8 Å². The maximum absolute atomic E-state index is 10.7. The molecule has 0 saturated heterocycles. The van der Waals surface area contributed by atoms with Gasteiger partial charge in [0.25, 0.3) is 0 Å². The number of rotatable bonds is 3. The highest BCUT2D eigenvalue weighted by molar-refractivity contribution is 7.99. The molecule has 0 aliphatic heterocycles. The molecule has 88 valence electrons. The second-order valence-electron chi connectivity index (χ2n) is 3.17. The molecular weight excluding hydrogens is 244 g/mol. The van der Waals surface area contributed by atoms with Crippen LogP contribution in [0.5, 0.6) is 5.75 Å². The Kier molecular flexibility index (Phi) is 2.96. The Morgan fingerprint density at radius 3 is 2.94 bits per heavy atom. The summed E-state index contributed by atoms with van der Waals surface area (Å²) in [5, 5.41) is 20.9. The van der Waals surface area contributed by atoms with Gasteiger partial charge in [0, 0.05) is 13.2 Å². The molecule has 2 aromatic rings. The fraction of sp³-hybridized carbons (Fsp3) is 0.111. The van der Waals surface area contributed by atoms with Gasteiger partial charge in [-0.05, 0) is 33.8 Å². The van der Waals surface area contributed by atoms with Crippen molar-refractivity contribution < 1.29 is 10.0 Å². The topological polar surface area (TPSA) is 94.1 Å². The minimum atomic E-state index is -0.567. The molecular formula is C9H8N4O3S. The average Bonchev–Trinajstić information content (AvgIpc) is 2.64. The average molecular weight is 252 g/mol. The van der Waals surface area contributed by atoms with Crippen molar-refractivity contribution in [1.29, 1.82) is 0 Å². The molecule has 2 heterocycles. The maximum Gasteiger partial charge on any atom is 0.396 e. The van der Waals surface area contributed by atoms with Gasteiger partial charge < -0.3 is 19.8 Å². The molecule has 0 bridgehead atoms. The first-order chi connectivity index (χ1) is 8.09. The van der Waals surface area contributed by atoms with Gasteiger partial charge >= 0.3 is 5.82 Å². The molecule has 0 amide bonds. The van der Waals surface area contributed by atoms with Crippen LogP contribution in [-0.2, 0) is 7.05 Å². The number of pyridine rings is 1. The Labute approximate surface area is 100 Å². The summed E-state index contributed by atoms with van der Waals surface area (Å²) >= 11 is 1.00. The molecule has 2 rings (SSSR count). The van der Waals surface area contributed by atoms with E-state index >= 15 is 0 Å². The predicted molar refractivity (Wildman–Crippen MR) is 59.9 cm³/mol. The van der Waals surface area contributed by atoms with Crippen LogP contribution in [0.1, 0.15) is 0 Å². The molecule has 0 aromatic carbocycles. The van der Waals surface area contributed by atoms with E-state index in [2.05, 4.69) is 9.97 Å². The molecule has 0 atom stereocenters. The third-order valence-corrected chi connectivity index (χ3v) is 3.15. The highest BCUT2D eigenvalue weighted by Gasteiger charge is 2.22. The lowest BCUT2D eigenvalue weighted by molar-refractivity contribution is -0.392. The highest BCUT2D eigenvalue weighted by atomic mass is 32.2. The van der Waals surface area contributed by atoms with Crippen LogP contribution in [0, 0.1) is 10.1 Å².